The minimum absolute atomic E-state index is 0.0197. The van der Waals surface area contributed by atoms with Gasteiger partial charge in [0.2, 0.25) is 0 Å². The quantitative estimate of drug-likeness (QED) is 0.570. The number of hydrogen-bond acceptors (Lipinski definition) is 1. The summed E-state index contributed by atoms with van der Waals surface area (Å²) in [5.74, 6) is 1.02. The molecule has 1 aliphatic heterocycles. The molecule has 0 aliphatic carbocycles. The third-order valence-electron chi connectivity index (χ3n) is 5.26. The highest BCUT2D eigenvalue weighted by Gasteiger charge is 2.55. The van der Waals surface area contributed by atoms with Gasteiger partial charge in [0, 0.05) is 5.56 Å². The molecular formula is C23H24OSi. The molecule has 0 radical (unpaired) electrons. The predicted octanol–water partition coefficient (Wildman–Crippen LogP) is 4.91. The molecule has 2 heteroatoms. The normalized spacial score (nSPS) is 18.9. The molecule has 1 atom stereocenters. The van der Waals surface area contributed by atoms with E-state index in [1.165, 1.54) is 27.1 Å². The van der Waals surface area contributed by atoms with Crippen LogP contribution in [0.4, 0.5) is 0 Å². The molecule has 3 aromatic rings. The number of aryl methyl sites for hydroxylation is 1. The first-order valence-electron chi connectivity index (χ1n) is 8.88. The molecule has 25 heavy (non-hydrogen) atoms. The van der Waals surface area contributed by atoms with Gasteiger partial charge in [-0.25, -0.2) is 0 Å². The molecule has 0 bridgehead atoms. The number of rotatable bonds is 1. The Bertz CT molecular complexity index is 921. The summed E-state index contributed by atoms with van der Waals surface area (Å²) in [5, 5.41) is 2.74. The Labute approximate surface area is 151 Å². The van der Waals surface area contributed by atoms with Crippen molar-refractivity contribution < 1.29 is 4.43 Å². The topological polar surface area (TPSA) is 9.23 Å². The number of para-hydroxylation sites is 1. The Morgan fingerprint density at radius 3 is 2.00 bits per heavy atom. The summed E-state index contributed by atoms with van der Waals surface area (Å²) in [6, 6.07) is 26.2. The molecule has 3 aromatic carbocycles. The van der Waals surface area contributed by atoms with Gasteiger partial charge >= 0.3 is 8.32 Å². The lowest BCUT2D eigenvalue weighted by Gasteiger charge is -2.46. The van der Waals surface area contributed by atoms with Crippen LogP contribution < -0.4 is 14.8 Å². The van der Waals surface area contributed by atoms with Crippen molar-refractivity contribution >= 4 is 18.7 Å². The molecule has 4 rings (SSSR count). The first kappa shape index (κ1) is 16.2. The zero-order chi connectivity index (χ0) is 17.7. The maximum Gasteiger partial charge on any atom is 0.320 e. The van der Waals surface area contributed by atoms with Gasteiger partial charge in [0.05, 0.1) is 0 Å². The van der Waals surface area contributed by atoms with Crippen molar-refractivity contribution in [1.82, 2.24) is 0 Å². The minimum Gasteiger partial charge on any atom is -0.534 e. The largest absolute Gasteiger partial charge is 0.534 e. The van der Waals surface area contributed by atoms with Gasteiger partial charge < -0.3 is 4.43 Å². The van der Waals surface area contributed by atoms with Gasteiger partial charge in [-0.15, -0.1) is 0 Å². The third kappa shape index (κ3) is 2.36. The van der Waals surface area contributed by atoms with Crippen molar-refractivity contribution in [3.8, 4) is 16.9 Å². The van der Waals surface area contributed by atoms with Crippen LogP contribution in [-0.2, 0) is 0 Å². The van der Waals surface area contributed by atoms with Gasteiger partial charge in [-0.1, -0.05) is 93.1 Å². The summed E-state index contributed by atoms with van der Waals surface area (Å²) in [6.07, 6.45) is 0. The van der Waals surface area contributed by atoms with E-state index in [2.05, 4.69) is 100 Å². The summed E-state index contributed by atoms with van der Waals surface area (Å²) in [5.41, 5.74) is 3.82. The fraction of sp³-hybridized carbons (Fsp3) is 0.217. The van der Waals surface area contributed by atoms with Crippen LogP contribution in [-0.4, -0.2) is 8.32 Å². The molecule has 0 saturated carbocycles. The van der Waals surface area contributed by atoms with E-state index in [0.717, 1.165) is 5.75 Å². The highest BCUT2D eigenvalue weighted by Crippen LogP contribution is 2.44. The number of fused-ring (bicyclic) bond motifs is 3. The second-order valence-electron chi connectivity index (χ2n) is 7.94. The Morgan fingerprint density at radius 1 is 0.720 bits per heavy atom. The maximum atomic E-state index is 6.98. The van der Waals surface area contributed by atoms with Crippen LogP contribution in [0, 0.1) is 6.92 Å². The fourth-order valence-electron chi connectivity index (χ4n) is 4.02. The van der Waals surface area contributed by atoms with Crippen molar-refractivity contribution in [1.29, 1.82) is 0 Å². The van der Waals surface area contributed by atoms with Gasteiger partial charge in [0.1, 0.15) is 5.75 Å². The van der Waals surface area contributed by atoms with E-state index in [0.29, 0.717) is 0 Å². The summed E-state index contributed by atoms with van der Waals surface area (Å²) < 4.78 is 6.98. The SMILES string of the molecule is Cc1ccc([Si@@]2(C(C)(C)C)Oc3ccccc3-c3ccccc32)cc1. The molecule has 0 unspecified atom stereocenters. The van der Waals surface area contributed by atoms with E-state index in [-0.39, 0.29) is 5.04 Å². The minimum atomic E-state index is -2.46. The molecule has 0 amide bonds. The first-order valence-corrected chi connectivity index (χ1v) is 10.8. The lowest BCUT2D eigenvalue weighted by atomic mass is 10.0. The standard InChI is InChI=1S/C23H24OSi/c1-17-13-15-18(16-14-17)25(23(2,3)4)22-12-8-6-10-20(22)19-9-5-7-11-21(19)24-25/h5-16H,1-4H3/t25-/m1/s1. The van der Waals surface area contributed by atoms with E-state index >= 15 is 0 Å². The molecule has 0 saturated heterocycles. The van der Waals surface area contributed by atoms with Crippen molar-refractivity contribution in [3.63, 3.8) is 0 Å². The van der Waals surface area contributed by atoms with Gasteiger partial charge in [0.15, 0.2) is 0 Å². The van der Waals surface area contributed by atoms with Gasteiger partial charge in [-0.2, -0.15) is 0 Å². The summed E-state index contributed by atoms with van der Waals surface area (Å²) >= 11 is 0. The smallest absolute Gasteiger partial charge is 0.320 e. The molecular weight excluding hydrogens is 320 g/mol. The molecule has 0 aromatic heterocycles. The highest BCUT2D eigenvalue weighted by molar-refractivity contribution is 7.01. The fourth-order valence-corrected chi connectivity index (χ4v) is 8.61. The molecule has 126 valence electrons. The van der Waals surface area contributed by atoms with E-state index in [4.69, 9.17) is 4.43 Å². The second-order valence-corrected chi connectivity index (χ2v) is 12.1. The van der Waals surface area contributed by atoms with Gasteiger partial charge in [0.25, 0.3) is 0 Å². The summed E-state index contributed by atoms with van der Waals surface area (Å²) in [6.45, 7) is 9.11. The van der Waals surface area contributed by atoms with Crippen molar-refractivity contribution in [3.05, 3.63) is 78.4 Å². The van der Waals surface area contributed by atoms with E-state index in [1.54, 1.807) is 0 Å². The average Bonchev–Trinajstić information content (AvgIpc) is 2.61. The molecule has 0 fully saturated rings. The average molecular weight is 345 g/mol. The Morgan fingerprint density at radius 2 is 1.32 bits per heavy atom. The van der Waals surface area contributed by atoms with Crippen LogP contribution >= 0.6 is 0 Å². The number of benzene rings is 3. The summed E-state index contributed by atoms with van der Waals surface area (Å²) in [7, 11) is -2.46. The lowest BCUT2D eigenvalue weighted by Crippen LogP contribution is -2.70. The highest BCUT2D eigenvalue weighted by atomic mass is 28.4. The van der Waals surface area contributed by atoms with E-state index in [9.17, 15) is 0 Å². The Hall–Kier alpha value is -2.32. The van der Waals surface area contributed by atoms with Crippen LogP contribution in [0.2, 0.25) is 5.04 Å². The van der Waals surface area contributed by atoms with Crippen LogP contribution in [0.3, 0.4) is 0 Å². The molecule has 1 aliphatic rings. The van der Waals surface area contributed by atoms with Gasteiger partial charge in [-0.3, -0.25) is 0 Å². The second kappa shape index (κ2) is 5.60. The monoisotopic (exact) mass is 344 g/mol. The Kier molecular flexibility index (Phi) is 3.62. The lowest BCUT2D eigenvalue weighted by molar-refractivity contribution is 0.506. The van der Waals surface area contributed by atoms with Crippen molar-refractivity contribution in [2.75, 3.05) is 0 Å². The van der Waals surface area contributed by atoms with Crippen LogP contribution in [0.5, 0.6) is 5.75 Å². The van der Waals surface area contributed by atoms with Gasteiger partial charge in [-0.05, 0) is 34.0 Å². The van der Waals surface area contributed by atoms with Crippen molar-refractivity contribution in [2.24, 2.45) is 0 Å². The molecule has 0 spiro atoms. The number of hydrogen-bond donors (Lipinski definition) is 0. The zero-order valence-electron chi connectivity index (χ0n) is 15.3. The third-order valence-corrected chi connectivity index (χ3v) is 10.2. The van der Waals surface area contributed by atoms with Crippen LogP contribution in [0.1, 0.15) is 26.3 Å². The van der Waals surface area contributed by atoms with Crippen LogP contribution in [0.25, 0.3) is 11.1 Å². The zero-order valence-corrected chi connectivity index (χ0v) is 16.3. The van der Waals surface area contributed by atoms with E-state index in [1.807, 2.05) is 0 Å². The molecule has 1 heterocycles. The predicted molar refractivity (Wildman–Crippen MR) is 108 cm³/mol. The summed E-state index contributed by atoms with van der Waals surface area (Å²) in [4.78, 5) is 0. The Balaban J connectivity index is 2.08. The maximum absolute atomic E-state index is 6.98. The van der Waals surface area contributed by atoms with E-state index < -0.39 is 8.32 Å². The molecule has 0 N–H and O–H groups in total. The van der Waals surface area contributed by atoms with Crippen LogP contribution in [0.15, 0.2) is 72.8 Å². The first-order chi connectivity index (χ1) is 11.9. The molecule has 1 nitrogen and oxygen atoms in total. The van der Waals surface area contributed by atoms with Crippen molar-refractivity contribution in [2.45, 2.75) is 32.7 Å².